The van der Waals surface area contributed by atoms with E-state index in [2.05, 4.69) is 10.2 Å². The predicted molar refractivity (Wildman–Crippen MR) is 66.3 cm³/mol. The maximum Gasteiger partial charge on any atom is 0.335 e. The summed E-state index contributed by atoms with van der Waals surface area (Å²) in [5.74, 6) is -0.957. The quantitative estimate of drug-likeness (QED) is 0.540. The first-order chi connectivity index (χ1) is 8.17. The van der Waals surface area contributed by atoms with Crippen molar-refractivity contribution in [3.05, 3.63) is 0 Å². The highest BCUT2D eigenvalue weighted by Gasteiger charge is 2.33. The zero-order chi connectivity index (χ0) is 14.4. The van der Waals surface area contributed by atoms with Gasteiger partial charge in [-0.3, -0.25) is 0 Å². The van der Waals surface area contributed by atoms with Crippen LogP contribution in [0.3, 0.4) is 0 Å². The van der Waals surface area contributed by atoms with Crippen molar-refractivity contribution in [3.8, 4) is 0 Å². The second kappa shape index (κ2) is 6.47. The number of rotatable bonds is 6. The fraction of sp³-hybridized carbons (Fsp3) is 0.833. The van der Waals surface area contributed by atoms with E-state index in [0.717, 1.165) is 0 Å². The lowest BCUT2D eigenvalue weighted by atomic mass is 10.1. The van der Waals surface area contributed by atoms with Crippen molar-refractivity contribution in [2.45, 2.75) is 52.6 Å². The summed E-state index contributed by atoms with van der Waals surface area (Å²) in [4.78, 5) is 23.2. The number of carbonyl (C=O) groups is 2. The van der Waals surface area contributed by atoms with Crippen LogP contribution < -0.4 is 0 Å². The van der Waals surface area contributed by atoms with Crippen LogP contribution in [0.25, 0.3) is 0 Å². The van der Waals surface area contributed by atoms with E-state index in [4.69, 9.17) is 9.47 Å². The van der Waals surface area contributed by atoms with Gasteiger partial charge in [0.15, 0.2) is 11.1 Å². The van der Waals surface area contributed by atoms with Crippen LogP contribution in [-0.2, 0) is 19.1 Å². The fourth-order valence-electron chi connectivity index (χ4n) is 0.947. The van der Waals surface area contributed by atoms with E-state index in [1.807, 2.05) is 0 Å². The summed E-state index contributed by atoms with van der Waals surface area (Å²) in [6.07, 6.45) is 0. The standard InChI is InChI=1S/C12H22N2O4/c1-7-17-9(15)11(3,4)13-14-12(5,6)10(16)18-8-2/h7-8H2,1-6H3. The monoisotopic (exact) mass is 258 g/mol. The van der Waals surface area contributed by atoms with Crippen LogP contribution >= 0.6 is 0 Å². The molecule has 0 aliphatic rings. The van der Waals surface area contributed by atoms with Crippen LogP contribution in [0.4, 0.5) is 0 Å². The molecule has 0 radical (unpaired) electrons. The second-order valence-electron chi connectivity index (χ2n) is 4.76. The van der Waals surface area contributed by atoms with Crippen molar-refractivity contribution >= 4 is 11.9 Å². The molecule has 0 spiro atoms. The molecule has 0 atom stereocenters. The van der Waals surface area contributed by atoms with Gasteiger partial charge in [0.25, 0.3) is 0 Å². The van der Waals surface area contributed by atoms with Gasteiger partial charge in [0.05, 0.1) is 13.2 Å². The molecule has 0 N–H and O–H groups in total. The van der Waals surface area contributed by atoms with E-state index in [1.165, 1.54) is 0 Å². The summed E-state index contributed by atoms with van der Waals surface area (Å²) in [6.45, 7) is 10.3. The van der Waals surface area contributed by atoms with Gasteiger partial charge in [-0.15, -0.1) is 0 Å². The summed E-state index contributed by atoms with van der Waals surface area (Å²) in [5, 5.41) is 7.80. The number of azo groups is 1. The minimum Gasteiger partial charge on any atom is -0.464 e. The van der Waals surface area contributed by atoms with Crippen LogP contribution in [0.15, 0.2) is 10.2 Å². The molecule has 6 nitrogen and oxygen atoms in total. The molecule has 0 fully saturated rings. The summed E-state index contributed by atoms with van der Waals surface area (Å²) in [6, 6.07) is 0. The molecule has 0 rings (SSSR count). The number of esters is 2. The van der Waals surface area contributed by atoms with E-state index >= 15 is 0 Å². The van der Waals surface area contributed by atoms with Gasteiger partial charge in [-0.1, -0.05) is 0 Å². The van der Waals surface area contributed by atoms with Crippen molar-refractivity contribution in [3.63, 3.8) is 0 Å². The summed E-state index contributed by atoms with van der Waals surface area (Å²) in [5.41, 5.74) is -2.22. The van der Waals surface area contributed by atoms with Gasteiger partial charge in [-0.25, -0.2) is 9.59 Å². The molecule has 0 heterocycles. The zero-order valence-electron chi connectivity index (χ0n) is 11.9. The van der Waals surface area contributed by atoms with Gasteiger partial charge in [-0.05, 0) is 41.5 Å². The van der Waals surface area contributed by atoms with E-state index in [-0.39, 0.29) is 13.2 Å². The molecule has 18 heavy (non-hydrogen) atoms. The highest BCUT2D eigenvalue weighted by atomic mass is 16.5. The maximum absolute atomic E-state index is 11.6. The lowest BCUT2D eigenvalue weighted by molar-refractivity contribution is -0.150. The van der Waals surface area contributed by atoms with Gasteiger partial charge >= 0.3 is 11.9 Å². The van der Waals surface area contributed by atoms with Crippen LogP contribution in [0, 0.1) is 0 Å². The first-order valence-electron chi connectivity index (χ1n) is 5.96. The Hall–Kier alpha value is -1.46. The molecule has 6 heteroatoms. The Kier molecular flexibility index (Phi) is 5.94. The predicted octanol–water partition coefficient (Wildman–Crippen LogP) is 2.12. The molecule has 0 aromatic rings. The summed E-state index contributed by atoms with van der Waals surface area (Å²) in [7, 11) is 0. The molecule has 0 saturated carbocycles. The zero-order valence-corrected chi connectivity index (χ0v) is 11.9. The van der Waals surface area contributed by atoms with Crippen LogP contribution in [-0.4, -0.2) is 36.2 Å². The van der Waals surface area contributed by atoms with Gasteiger partial charge < -0.3 is 9.47 Å². The Morgan fingerprint density at radius 1 is 0.833 bits per heavy atom. The lowest BCUT2D eigenvalue weighted by Crippen LogP contribution is -2.35. The largest absolute Gasteiger partial charge is 0.464 e. The van der Waals surface area contributed by atoms with Crippen LogP contribution in [0.2, 0.25) is 0 Å². The third-order valence-electron chi connectivity index (χ3n) is 2.10. The van der Waals surface area contributed by atoms with Crippen molar-refractivity contribution in [1.29, 1.82) is 0 Å². The van der Waals surface area contributed by atoms with Crippen molar-refractivity contribution in [2.24, 2.45) is 10.2 Å². The molecular weight excluding hydrogens is 236 g/mol. The average molecular weight is 258 g/mol. The molecule has 0 amide bonds. The molecule has 0 aromatic carbocycles. The van der Waals surface area contributed by atoms with Crippen molar-refractivity contribution < 1.29 is 19.1 Å². The molecule has 0 bridgehead atoms. The second-order valence-corrected chi connectivity index (χ2v) is 4.76. The molecule has 0 unspecified atom stereocenters. The average Bonchev–Trinajstić information content (AvgIpc) is 2.27. The van der Waals surface area contributed by atoms with E-state index in [1.54, 1.807) is 41.5 Å². The fourth-order valence-corrected chi connectivity index (χ4v) is 0.947. The van der Waals surface area contributed by atoms with E-state index in [9.17, 15) is 9.59 Å². The highest BCUT2D eigenvalue weighted by molar-refractivity contribution is 5.81. The van der Waals surface area contributed by atoms with Crippen molar-refractivity contribution in [2.75, 3.05) is 13.2 Å². The normalized spacial score (nSPS) is 12.6. The molecule has 104 valence electrons. The van der Waals surface area contributed by atoms with E-state index in [0.29, 0.717) is 0 Å². The van der Waals surface area contributed by atoms with Crippen molar-refractivity contribution in [1.82, 2.24) is 0 Å². The summed E-state index contributed by atoms with van der Waals surface area (Å²) >= 11 is 0. The third-order valence-corrected chi connectivity index (χ3v) is 2.10. The van der Waals surface area contributed by atoms with Crippen LogP contribution in [0.5, 0.6) is 0 Å². The van der Waals surface area contributed by atoms with Gasteiger partial charge in [0, 0.05) is 0 Å². The minimum absolute atomic E-state index is 0.277. The first-order valence-corrected chi connectivity index (χ1v) is 5.96. The summed E-state index contributed by atoms with van der Waals surface area (Å²) < 4.78 is 9.74. The number of nitrogens with zero attached hydrogens (tertiary/aromatic N) is 2. The Bertz CT molecular complexity index is 303. The van der Waals surface area contributed by atoms with Gasteiger partial charge in [0.1, 0.15) is 0 Å². The number of ether oxygens (including phenoxy) is 2. The molecular formula is C12H22N2O4. The molecule has 0 saturated heterocycles. The number of hydrogen-bond donors (Lipinski definition) is 0. The third kappa shape index (κ3) is 4.81. The molecule has 0 aromatic heterocycles. The van der Waals surface area contributed by atoms with Gasteiger partial charge in [0.2, 0.25) is 0 Å². The Morgan fingerprint density at radius 3 is 1.33 bits per heavy atom. The Labute approximate surface area is 108 Å². The Balaban J connectivity index is 4.80. The van der Waals surface area contributed by atoms with Gasteiger partial charge in [-0.2, -0.15) is 10.2 Å². The number of carbonyl (C=O) groups excluding carboxylic acids is 2. The van der Waals surface area contributed by atoms with Crippen LogP contribution in [0.1, 0.15) is 41.5 Å². The maximum atomic E-state index is 11.6. The lowest BCUT2D eigenvalue weighted by Gasteiger charge is -2.20. The topological polar surface area (TPSA) is 77.3 Å². The SMILES string of the molecule is CCOC(=O)C(C)(C)N=NC(C)(C)C(=O)OCC. The Morgan fingerprint density at radius 2 is 1.11 bits per heavy atom. The number of hydrogen-bond acceptors (Lipinski definition) is 6. The molecule has 0 aliphatic heterocycles. The first kappa shape index (κ1) is 16.5. The van der Waals surface area contributed by atoms with E-state index < -0.39 is 23.0 Å². The minimum atomic E-state index is -1.11. The molecule has 0 aliphatic carbocycles. The smallest absolute Gasteiger partial charge is 0.335 e. The highest BCUT2D eigenvalue weighted by Crippen LogP contribution is 2.18.